The summed E-state index contributed by atoms with van der Waals surface area (Å²) in [5, 5.41) is 6.30. The fraction of sp³-hybridized carbons (Fsp3) is 0.488. The van der Waals surface area contributed by atoms with Gasteiger partial charge in [-0.3, -0.25) is 33.4 Å². The first-order valence-electron chi connectivity index (χ1n) is 21.3. The average Bonchev–Trinajstić information content (AvgIpc) is 3.88. The summed E-state index contributed by atoms with van der Waals surface area (Å²) in [4.78, 5) is 62.2. The van der Waals surface area contributed by atoms with E-state index in [0.717, 1.165) is 51.6 Å². The van der Waals surface area contributed by atoms with Crippen LogP contribution in [0.5, 0.6) is 5.75 Å². The van der Waals surface area contributed by atoms with Gasteiger partial charge in [0.25, 0.3) is 5.56 Å². The number of hydrogen-bond acceptors (Lipinski definition) is 11. The number of imidazole rings is 1. The van der Waals surface area contributed by atoms with Crippen molar-refractivity contribution >= 4 is 67.1 Å². The van der Waals surface area contributed by atoms with Crippen LogP contribution >= 0.6 is 11.6 Å². The van der Waals surface area contributed by atoms with Gasteiger partial charge in [-0.1, -0.05) is 24.4 Å². The third-order valence-electron chi connectivity index (χ3n) is 13.2. The number of fused-ring (bicyclic) bond motifs is 2. The number of piperidine rings is 3. The van der Waals surface area contributed by atoms with E-state index in [1.165, 1.54) is 22.2 Å². The van der Waals surface area contributed by atoms with Crippen LogP contribution in [0, 0.1) is 18.7 Å². The molecule has 1 saturated carbocycles. The van der Waals surface area contributed by atoms with Gasteiger partial charge in [-0.2, -0.15) is 9.29 Å². The van der Waals surface area contributed by atoms with E-state index in [9.17, 15) is 27.6 Å². The number of aromatic nitrogens is 5. The molecule has 2 amide bonds. The molecule has 3 aliphatic heterocycles. The van der Waals surface area contributed by atoms with Crippen molar-refractivity contribution in [3.63, 3.8) is 0 Å². The number of anilines is 2. The van der Waals surface area contributed by atoms with E-state index in [4.69, 9.17) is 21.3 Å². The number of sulfonamides is 1. The highest BCUT2D eigenvalue weighted by Crippen LogP contribution is 2.34. The van der Waals surface area contributed by atoms with Crippen LogP contribution in [0.15, 0.2) is 57.1 Å². The smallest absolute Gasteiger partial charge is 0.329 e. The normalized spacial score (nSPS) is 20.4. The summed E-state index contributed by atoms with van der Waals surface area (Å²) in [6, 6.07) is 9.01. The molecular formula is C43H49ClFN9O7S. The van der Waals surface area contributed by atoms with Crippen molar-refractivity contribution in [2.24, 2.45) is 13.0 Å². The first kappa shape index (κ1) is 42.1. The van der Waals surface area contributed by atoms with Crippen LogP contribution in [0.3, 0.4) is 0 Å². The Bertz CT molecular complexity index is 2820. The van der Waals surface area contributed by atoms with Gasteiger partial charge in [-0.25, -0.2) is 22.6 Å². The lowest BCUT2D eigenvalue weighted by Crippen LogP contribution is -2.49. The van der Waals surface area contributed by atoms with Crippen molar-refractivity contribution in [3.8, 4) is 5.75 Å². The minimum absolute atomic E-state index is 0.0287. The molecule has 1 atom stereocenters. The van der Waals surface area contributed by atoms with E-state index in [0.29, 0.717) is 60.8 Å². The highest BCUT2D eigenvalue weighted by atomic mass is 35.5. The lowest BCUT2D eigenvalue weighted by molar-refractivity contribution is -0.135. The van der Waals surface area contributed by atoms with Gasteiger partial charge in [-0.15, -0.1) is 0 Å². The van der Waals surface area contributed by atoms with Gasteiger partial charge < -0.3 is 15.0 Å². The molecule has 1 aliphatic carbocycles. The highest BCUT2D eigenvalue weighted by molar-refractivity contribution is 7.89. The fourth-order valence-electron chi connectivity index (χ4n) is 9.75. The first-order valence-corrected chi connectivity index (χ1v) is 23.2. The largest absolute Gasteiger partial charge is 0.490 e. The van der Waals surface area contributed by atoms with Crippen LogP contribution in [-0.2, 0) is 26.7 Å². The molecule has 0 radical (unpaired) electrons. The van der Waals surface area contributed by atoms with Gasteiger partial charge in [0.15, 0.2) is 11.6 Å². The van der Waals surface area contributed by atoms with Crippen molar-refractivity contribution in [1.82, 2.24) is 38.2 Å². The Morgan fingerprint density at radius 2 is 1.66 bits per heavy atom. The third kappa shape index (κ3) is 7.79. The summed E-state index contributed by atoms with van der Waals surface area (Å²) in [7, 11) is -2.30. The molecule has 19 heteroatoms. The highest BCUT2D eigenvalue weighted by Gasteiger charge is 2.35. The molecule has 2 N–H and O–H groups in total. The number of amides is 2. The summed E-state index contributed by atoms with van der Waals surface area (Å²) in [5.41, 5.74) is 1.37. The van der Waals surface area contributed by atoms with E-state index in [-0.39, 0.29) is 63.1 Å². The van der Waals surface area contributed by atoms with E-state index >= 15 is 4.39 Å². The summed E-state index contributed by atoms with van der Waals surface area (Å²) < 4.78 is 55.2. The maximum atomic E-state index is 15.8. The number of hydrogen-bond donors (Lipinski definition) is 2. The van der Waals surface area contributed by atoms with Gasteiger partial charge in [0.05, 0.1) is 17.0 Å². The molecule has 62 heavy (non-hydrogen) atoms. The number of ether oxygens (including phenoxy) is 1. The number of benzene rings is 2. The van der Waals surface area contributed by atoms with Gasteiger partial charge >= 0.3 is 5.69 Å². The number of carbonyl (C=O) groups excluding carboxylic acids is 2. The molecule has 4 fully saturated rings. The molecule has 16 nitrogen and oxygen atoms in total. The van der Waals surface area contributed by atoms with Crippen molar-refractivity contribution in [1.29, 1.82) is 0 Å². The number of imide groups is 1. The number of nitrogens with zero attached hydrogens (tertiary/aromatic N) is 7. The zero-order valence-corrected chi connectivity index (χ0v) is 36.2. The zero-order valence-electron chi connectivity index (χ0n) is 34.6. The predicted molar refractivity (Wildman–Crippen MR) is 231 cm³/mol. The SMILES string of the molecule is Cc1cc(S(=O)(=O)N2CCC(N3CCC(COc4ccc5c(c4F)n(C)c(=O)n5C4CCC(=O)NC4=O)CC3)CC2)ccc1Nc1ncc2cc(Cl)c(=O)n(C3CCCC3)c2n1. The molecule has 1 unspecified atom stereocenters. The van der Waals surface area contributed by atoms with Crippen LogP contribution in [0.4, 0.5) is 16.0 Å². The predicted octanol–water partition coefficient (Wildman–Crippen LogP) is 5.33. The number of likely N-dealkylation sites (tertiary alicyclic amines) is 1. The van der Waals surface area contributed by atoms with Gasteiger partial charge in [0, 0.05) is 55.9 Å². The fourth-order valence-corrected chi connectivity index (χ4v) is 11.5. The van der Waals surface area contributed by atoms with E-state index in [1.54, 1.807) is 45.4 Å². The lowest BCUT2D eigenvalue weighted by Gasteiger charge is -2.41. The number of halogens is 2. The molecule has 2 aromatic carbocycles. The molecule has 328 valence electrons. The Morgan fingerprint density at radius 1 is 0.919 bits per heavy atom. The maximum absolute atomic E-state index is 15.8. The van der Waals surface area contributed by atoms with Crippen LogP contribution in [0.2, 0.25) is 5.02 Å². The Balaban J connectivity index is 0.784. The molecule has 0 spiro atoms. The maximum Gasteiger partial charge on any atom is 0.329 e. The Morgan fingerprint density at radius 3 is 2.37 bits per heavy atom. The van der Waals surface area contributed by atoms with Crippen molar-refractivity contribution in [3.05, 3.63) is 79.8 Å². The molecule has 5 aromatic rings. The summed E-state index contributed by atoms with van der Waals surface area (Å²) in [6.45, 7) is 4.58. The Kier molecular flexibility index (Phi) is 11.4. The van der Waals surface area contributed by atoms with E-state index in [2.05, 4.69) is 20.5 Å². The Hall–Kier alpha value is -5.17. The summed E-state index contributed by atoms with van der Waals surface area (Å²) in [6.07, 6.45) is 8.83. The monoisotopic (exact) mass is 889 g/mol. The van der Waals surface area contributed by atoms with Crippen LogP contribution in [-0.4, -0.2) is 91.9 Å². The van der Waals surface area contributed by atoms with Gasteiger partial charge in [-0.05, 0) is 113 Å². The minimum Gasteiger partial charge on any atom is -0.490 e. The molecule has 3 saturated heterocycles. The Labute approximate surface area is 362 Å². The zero-order chi connectivity index (χ0) is 43.4. The molecule has 9 rings (SSSR count). The molecule has 4 aliphatic rings. The second-order valence-corrected chi connectivity index (χ2v) is 19.4. The number of rotatable bonds is 10. The molecule has 0 bridgehead atoms. The summed E-state index contributed by atoms with van der Waals surface area (Å²) >= 11 is 6.29. The second kappa shape index (κ2) is 16.8. The van der Waals surface area contributed by atoms with Crippen molar-refractivity contribution in [2.45, 2.75) is 94.2 Å². The topological polar surface area (TPSA) is 183 Å². The van der Waals surface area contributed by atoms with E-state index < -0.39 is 39.4 Å². The van der Waals surface area contributed by atoms with Crippen molar-refractivity contribution in [2.75, 3.05) is 38.1 Å². The number of nitrogens with one attached hydrogen (secondary N) is 2. The average molecular weight is 890 g/mol. The van der Waals surface area contributed by atoms with Crippen LogP contribution in [0.25, 0.3) is 22.1 Å². The summed E-state index contributed by atoms with van der Waals surface area (Å²) in [5.74, 6) is -1.15. The van der Waals surface area contributed by atoms with E-state index in [1.807, 2.05) is 6.92 Å². The van der Waals surface area contributed by atoms with Crippen LogP contribution in [0.1, 0.15) is 81.9 Å². The number of pyridine rings is 1. The molecule has 3 aromatic heterocycles. The van der Waals surface area contributed by atoms with Gasteiger partial charge in [0.1, 0.15) is 22.2 Å². The molecular weight excluding hydrogens is 841 g/mol. The third-order valence-corrected chi connectivity index (χ3v) is 15.4. The number of aryl methyl sites for hydroxylation is 2. The van der Waals surface area contributed by atoms with Gasteiger partial charge in [0.2, 0.25) is 27.8 Å². The quantitative estimate of drug-likeness (QED) is 0.173. The minimum atomic E-state index is -3.75. The first-order chi connectivity index (χ1) is 29.8. The number of carbonyl (C=O) groups is 2. The van der Waals surface area contributed by atoms with Crippen molar-refractivity contribution < 1.29 is 27.1 Å². The second-order valence-electron chi connectivity index (χ2n) is 17.0. The molecule has 6 heterocycles. The standard InChI is InChI=1S/C43H49ClFN9O7S/c1-25-21-30(7-8-32(25)47-42-46-23-27-22-31(44)41(57)53(39(27)49-42)29-5-3-4-6-29)62(59,60)52-19-15-28(16-20-52)51-17-13-26(14-18-51)24-61-35-11-9-33-38(37(35)45)50(2)43(58)54(33)34-10-12-36(55)48-40(34)56/h7-9,11,21-23,26,28-29,34H,3-6,10,12-20,24H2,1-2H3,(H,46,47,49)(H,48,55,56). The lowest BCUT2D eigenvalue weighted by atomic mass is 9.94. The van der Waals surface area contributed by atoms with Crippen LogP contribution < -0.4 is 26.6 Å².